The van der Waals surface area contributed by atoms with E-state index >= 15 is 0 Å². The van der Waals surface area contributed by atoms with Crippen LogP contribution in [-0.4, -0.2) is 18.8 Å². The van der Waals surface area contributed by atoms with Gasteiger partial charge in [0.1, 0.15) is 5.82 Å². The molecule has 0 unspecified atom stereocenters. The van der Waals surface area contributed by atoms with Gasteiger partial charge in [-0.25, -0.2) is 4.39 Å². The summed E-state index contributed by atoms with van der Waals surface area (Å²) in [5.74, 6) is -0.190. The molecule has 1 aromatic carbocycles. The van der Waals surface area contributed by atoms with Crippen LogP contribution in [0.4, 0.5) is 4.39 Å². The summed E-state index contributed by atoms with van der Waals surface area (Å²) in [5, 5.41) is 3.21. The Morgan fingerprint density at radius 2 is 2.06 bits per heavy atom. The predicted molar refractivity (Wildman–Crippen MR) is 63.8 cm³/mol. The highest BCUT2D eigenvalue weighted by atomic mass is 19.1. The maximum Gasteiger partial charge on any atom is 0.123 e. The maximum absolute atomic E-state index is 12.8. The molecule has 16 heavy (non-hydrogen) atoms. The van der Waals surface area contributed by atoms with Gasteiger partial charge in [0.2, 0.25) is 0 Å². The van der Waals surface area contributed by atoms with E-state index in [0.717, 1.165) is 12.1 Å². The number of halogens is 1. The molecule has 2 nitrogen and oxygen atoms in total. The molecule has 3 heteroatoms. The topological polar surface area (TPSA) is 21.3 Å². The van der Waals surface area contributed by atoms with Gasteiger partial charge < -0.3 is 10.1 Å². The van der Waals surface area contributed by atoms with Crippen LogP contribution in [0.15, 0.2) is 24.3 Å². The molecule has 0 aliphatic rings. The highest BCUT2D eigenvalue weighted by Gasteiger charge is 2.08. The van der Waals surface area contributed by atoms with Crippen LogP contribution in [0.3, 0.4) is 0 Å². The summed E-state index contributed by atoms with van der Waals surface area (Å²) < 4.78 is 18.4. The summed E-state index contributed by atoms with van der Waals surface area (Å²) in [5.41, 5.74) is 0.858. The van der Waals surface area contributed by atoms with E-state index in [1.54, 1.807) is 6.07 Å². The summed E-state index contributed by atoms with van der Waals surface area (Å²) >= 11 is 0. The molecule has 1 aromatic rings. The Morgan fingerprint density at radius 3 is 2.69 bits per heavy atom. The molecule has 0 bridgehead atoms. The molecule has 90 valence electrons. The van der Waals surface area contributed by atoms with Crippen LogP contribution >= 0.6 is 0 Å². The molecule has 1 rings (SSSR count). The van der Waals surface area contributed by atoms with Crippen molar-refractivity contribution in [2.75, 3.05) is 13.2 Å². The predicted octanol–water partition coefficient (Wildman–Crippen LogP) is 2.73. The van der Waals surface area contributed by atoms with Gasteiger partial charge in [-0.15, -0.1) is 0 Å². The minimum absolute atomic E-state index is 0.0967. The van der Waals surface area contributed by atoms with E-state index in [9.17, 15) is 4.39 Å². The molecule has 0 amide bonds. The molecular formula is C13H20FNO. The van der Waals surface area contributed by atoms with Gasteiger partial charge in [-0.1, -0.05) is 12.1 Å². The average molecular weight is 225 g/mol. The van der Waals surface area contributed by atoms with E-state index in [1.807, 2.05) is 26.8 Å². The van der Waals surface area contributed by atoms with E-state index in [0.29, 0.717) is 13.2 Å². The molecule has 0 aromatic heterocycles. The first-order valence-electron chi connectivity index (χ1n) is 5.56. The maximum atomic E-state index is 12.8. The molecule has 0 atom stereocenters. The van der Waals surface area contributed by atoms with Gasteiger partial charge in [0.05, 0.1) is 12.2 Å². The highest BCUT2D eigenvalue weighted by molar-refractivity contribution is 5.15. The molecule has 0 saturated carbocycles. The molecule has 1 N–H and O–H groups in total. The minimum atomic E-state index is -0.190. The van der Waals surface area contributed by atoms with Gasteiger partial charge in [0.15, 0.2) is 0 Å². The van der Waals surface area contributed by atoms with E-state index in [1.165, 1.54) is 12.1 Å². The van der Waals surface area contributed by atoms with Crippen LogP contribution in [0, 0.1) is 5.82 Å². The van der Waals surface area contributed by atoms with E-state index in [4.69, 9.17) is 4.74 Å². The second-order valence-corrected chi connectivity index (χ2v) is 4.77. The fourth-order valence-corrected chi connectivity index (χ4v) is 1.31. The Hall–Kier alpha value is -0.930. The number of benzene rings is 1. The lowest BCUT2D eigenvalue weighted by Gasteiger charge is -2.19. The van der Waals surface area contributed by atoms with E-state index < -0.39 is 0 Å². The molecule has 0 spiro atoms. The summed E-state index contributed by atoms with van der Waals surface area (Å²) in [6, 6.07) is 6.61. The lowest BCUT2D eigenvalue weighted by Crippen LogP contribution is -2.26. The quantitative estimate of drug-likeness (QED) is 0.778. The van der Waals surface area contributed by atoms with Crippen molar-refractivity contribution in [3.05, 3.63) is 35.6 Å². The lowest BCUT2D eigenvalue weighted by atomic mass is 10.2. The summed E-state index contributed by atoms with van der Waals surface area (Å²) in [6.45, 7) is 8.19. The fourth-order valence-electron chi connectivity index (χ4n) is 1.31. The van der Waals surface area contributed by atoms with Gasteiger partial charge in [0.25, 0.3) is 0 Å². The van der Waals surface area contributed by atoms with Gasteiger partial charge in [0, 0.05) is 13.1 Å². The summed E-state index contributed by atoms with van der Waals surface area (Å²) in [7, 11) is 0. The third kappa shape index (κ3) is 5.83. The highest BCUT2D eigenvalue weighted by Crippen LogP contribution is 2.05. The second kappa shape index (κ2) is 5.97. The Morgan fingerprint density at radius 1 is 1.31 bits per heavy atom. The van der Waals surface area contributed by atoms with E-state index in [-0.39, 0.29) is 11.4 Å². The van der Waals surface area contributed by atoms with Crippen molar-refractivity contribution in [1.82, 2.24) is 5.32 Å². The Balaban J connectivity index is 2.17. The zero-order chi connectivity index (χ0) is 12.0. The molecule has 0 aliphatic carbocycles. The Kier molecular flexibility index (Phi) is 4.90. The zero-order valence-electron chi connectivity index (χ0n) is 10.2. The number of hydrogen-bond acceptors (Lipinski definition) is 2. The molecule has 0 fully saturated rings. The number of hydrogen-bond donors (Lipinski definition) is 1. The Bertz CT molecular complexity index is 320. The standard InChI is InChI=1S/C13H20FNO/c1-13(2,3)16-8-7-15-10-11-5-4-6-12(14)9-11/h4-6,9,15H,7-8,10H2,1-3H3. The largest absolute Gasteiger partial charge is 0.375 e. The van der Waals surface area contributed by atoms with Crippen molar-refractivity contribution in [1.29, 1.82) is 0 Å². The van der Waals surface area contributed by atoms with E-state index in [2.05, 4.69) is 5.32 Å². The first-order chi connectivity index (χ1) is 7.47. The van der Waals surface area contributed by atoms with Crippen LogP contribution in [0.5, 0.6) is 0 Å². The molecule has 0 radical (unpaired) electrons. The van der Waals surface area contributed by atoms with Crippen molar-refractivity contribution in [3.63, 3.8) is 0 Å². The van der Waals surface area contributed by atoms with Gasteiger partial charge in [-0.05, 0) is 38.5 Å². The first kappa shape index (κ1) is 13.1. The zero-order valence-corrected chi connectivity index (χ0v) is 10.2. The third-order valence-corrected chi connectivity index (χ3v) is 2.03. The second-order valence-electron chi connectivity index (χ2n) is 4.77. The monoisotopic (exact) mass is 225 g/mol. The Labute approximate surface area is 96.8 Å². The number of nitrogens with one attached hydrogen (secondary N) is 1. The number of rotatable bonds is 5. The van der Waals surface area contributed by atoms with Crippen LogP contribution in [0.2, 0.25) is 0 Å². The molecule has 0 aliphatic heterocycles. The van der Waals surface area contributed by atoms with Crippen molar-refractivity contribution in [2.45, 2.75) is 32.9 Å². The van der Waals surface area contributed by atoms with Crippen molar-refractivity contribution in [3.8, 4) is 0 Å². The first-order valence-corrected chi connectivity index (χ1v) is 5.56. The normalized spacial score (nSPS) is 11.8. The van der Waals surface area contributed by atoms with Crippen LogP contribution < -0.4 is 5.32 Å². The van der Waals surface area contributed by atoms with Gasteiger partial charge in [-0.3, -0.25) is 0 Å². The van der Waals surface area contributed by atoms with Crippen molar-refractivity contribution < 1.29 is 9.13 Å². The van der Waals surface area contributed by atoms with Crippen molar-refractivity contribution >= 4 is 0 Å². The average Bonchev–Trinajstić information content (AvgIpc) is 2.15. The van der Waals surface area contributed by atoms with Gasteiger partial charge in [-0.2, -0.15) is 0 Å². The third-order valence-electron chi connectivity index (χ3n) is 2.03. The molecular weight excluding hydrogens is 205 g/mol. The summed E-state index contributed by atoms with van der Waals surface area (Å²) in [6.07, 6.45) is 0. The lowest BCUT2D eigenvalue weighted by molar-refractivity contribution is -0.000885. The smallest absolute Gasteiger partial charge is 0.123 e. The molecule has 0 heterocycles. The van der Waals surface area contributed by atoms with Crippen molar-refractivity contribution in [2.24, 2.45) is 0 Å². The molecule has 0 saturated heterocycles. The van der Waals surface area contributed by atoms with Crippen LogP contribution in [-0.2, 0) is 11.3 Å². The van der Waals surface area contributed by atoms with Crippen LogP contribution in [0.25, 0.3) is 0 Å². The summed E-state index contributed by atoms with van der Waals surface area (Å²) in [4.78, 5) is 0. The minimum Gasteiger partial charge on any atom is -0.375 e. The van der Waals surface area contributed by atoms with Crippen LogP contribution in [0.1, 0.15) is 26.3 Å². The SMILES string of the molecule is CC(C)(C)OCCNCc1cccc(F)c1. The number of ether oxygens (including phenoxy) is 1. The van der Waals surface area contributed by atoms with Gasteiger partial charge >= 0.3 is 0 Å². The fraction of sp³-hybridized carbons (Fsp3) is 0.538.